The summed E-state index contributed by atoms with van der Waals surface area (Å²) in [6, 6.07) is 16.8. The van der Waals surface area contributed by atoms with E-state index in [9.17, 15) is 9.59 Å². The first-order chi connectivity index (χ1) is 18.1. The van der Waals surface area contributed by atoms with Gasteiger partial charge in [0.05, 0.1) is 18.7 Å². The maximum Gasteiger partial charge on any atom is 0.318 e. The first-order valence-electron chi connectivity index (χ1n) is 12.8. The summed E-state index contributed by atoms with van der Waals surface area (Å²) in [5.74, 6) is 2.09. The van der Waals surface area contributed by atoms with Crippen LogP contribution in [-0.4, -0.2) is 60.4 Å². The van der Waals surface area contributed by atoms with Crippen LogP contribution in [0.5, 0.6) is 17.2 Å². The summed E-state index contributed by atoms with van der Waals surface area (Å²) in [6.07, 6.45) is 2.30. The molecule has 4 heterocycles. The number of anilines is 1. The molecule has 0 radical (unpaired) electrons. The lowest BCUT2D eigenvalue weighted by molar-refractivity contribution is -0.117. The quantitative estimate of drug-likeness (QED) is 0.577. The van der Waals surface area contributed by atoms with Crippen molar-refractivity contribution in [1.82, 2.24) is 14.8 Å². The minimum Gasteiger partial charge on any atom is -0.494 e. The second-order valence-corrected chi connectivity index (χ2v) is 9.41. The number of amides is 3. The summed E-state index contributed by atoms with van der Waals surface area (Å²) < 4.78 is 19.1. The minimum absolute atomic E-state index is 0.0300. The molecular weight excluding hydrogens is 472 g/mol. The van der Waals surface area contributed by atoms with Crippen molar-refractivity contribution in [2.75, 3.05) is 37.8 Å². The predicted molar refractivity (Wildman–Crippen MR) is 137 cm³/mol. The van der Waals surface area contributed by atoms with Gasteiger partial charge in [0, 0.05) is 49.7 Å². The molecule has 3 amide bonds. The molecule has 0 saturated carbocycles. The Morgan fingerprint density at radius 2 is 1.86 bits per heavy atom. The van der Waals surface area contributed by atoms with Crippen LogP contribution in [0, 0.1) is 0 Å². The molecule has 9 nitrogen and oxygen atoms in total. The van der Waals surface area contributed by atoms with Gasteiger partial charge in [-0.05, 0) is 48.9 Å². The number of benzene rings is 2. The second-order valence-electron chi connectivity index (χ2n) is 9.41. The van der Waals surface area contributed by atoms with Gasteiger partial charge in [-0.3, -0.25) is 4.79 Å². The maximum atomic E-state index is 13.6. The van der Waals surface area contributed by atoms with E-state index in [1.807, 2.05) is 66.6 Å². The van der Waals surface area contributed by atoms with Crippen LogP contribution in [0.25, 0.3) is 0 Å². The maximum absolute atomic E-state index is 13.6. The highest BCUT2D eigenvalue weighted by atomic mass is 16.6. The largest absolute Gasteiger partial charge is 0.494 e. The molecule has 9 heteroatoms. The van der Waals surface area contributed by atoms with Crippen molar-refractivity contribution in [3.8, 4) is 17.2 Å². The molecule has 2 aromatic carbocycles. The van der Waals surface area contributed by atoms with Crippen molar-refractivity contribution in [3.05, 3.63) is 72.1 Å². The Morgan fingerprint density at radius 3 is 2.68 bits per heavy atom. The molecule has 2 unspecified atom stereocenters. The summed E-state index contributed by atoms with van der Waals surface area (Å²) in [4.78, 5) is 30.0. The van der Waals surface area contributed by atoms with E-state index in [1.54, 1.807) is 4.90 Å². The van der Waals surface area contributed by atoms with Crippen molar-refractivity contribution >= 4 is 17.6 Å². The summed E-state index contributed by atoms with van der Waals surface area (Å²) in [5, 5.41) is 3.13. The lowest BCUT2D eigenvalue weighted by Crippen LogP contribution is -2.50. The highest BCUT2D eigenvalue weighted by Crippen LogP contribution is 2.36. The molecule has 0 bridgehead atoms. The lowest BCUT2D eigenvalue weighted by Gasteiger charge is -2.38. The van der Waals surface area contributed by atoms with E-state index in [0.717, 1.165) is 29.2 Å². The van der Waals surface area contributed by atoms with E-state index >= 15 is 0 Å². The number of nitrogens with zero attached hydrogens (tertiary/aromatic N) is 3. The number of fused-ring (bicyclic) bond motifs is 2. The Hall–Kier alpha value is -4.14. The molecule has 3 aromatic rings. The Labute approximate surface area is 215 Å². The van der Waals surface area contributed by atoms with Crippen LogP contribution in [0.2, 0.25) is 0 Å². The Morgan fingerprint density at radius 1 is 1.05 bits per heavy atom. The SMILES string of the molecule is CCOc1ccc(C2c3cccn3CCN2C(=O)NC2CC(=O)N(c3ccc4c(c3)OCCO4)C2)cc1. The van der Waals surface area contributed by atoms with E-state index in [-0.39, 0.29) is 30.4 Å². The molecule has 0 aliphatic carbocycles. The zero-order valence-corrected chi connectivity index (χ0v) is 20.8. The van der Waals surface area contributed by atoms with Gasteiger partial charge >= 0.3 is 6.03 Å². The van der Waals surface area contributed by atoms with Crippen LogP contribution in [-0.2, 0) is 11.3 Å². The van der Waals surface area contributed by atoms with E-state index in [0.29, 0.717) is 44.4 Å². The highest BCUT2D eigenvalue weighted by molar-refractivity contribution is 5.97. The number of nitrogens with one attached hydrogen (secondary N) is 1. The Balaban J connectivity index is 1.19. The van der Waals surface area contributed by atoms with Crippen LogP contribution < -0.4 is 24.4 Å². The third kappa shape index (κ3) is 4.45. The lowest BCUT2D eigenvalue weighted by atomic mass is 10.00. The first kappa shape index (κ1) is 23.3. The van der Waals surface area contributed by atoms with Gasteiger partial charge in [0.25, 0.3) is 0 Å². The number of carbonyl (C=O) groups is 2. The summed E-state index contributed by atoms with van der Waals surface area (Å²) in [7, 11) is 0. The van der Waals surface area contributed by atoms with E-state index in [4.69, 9.17) is 14.2 Å². The molecule has 0 spiro atoms. The number of urea groups is 1. The molecule has 3 aliphatic rings. The number of hydrogen-bond acceptors (Lipinski definition) is 5. The fourth-order valence-electron chi connectivity index (χ4n) is 5.38. The fraction of sp³-hybridized carbons (Fsp3) is 0.357. The zero-order chi connectivity index (χ0) is 25.4. The van der Waals surface area contributed by atoms with Crippen molar-refractivity contribution in [1.29, 1.82) is 0 Å². The van der Waals surface area contributed by atoms with Crippen LogP contribution in [0.4, 0.5) is 10.5 Å². The van der Waals surface area contributed by atoms with Crippen LogP contribution in [0.1, 0.15) is 30.6 Å². The van der Waals surface area contributed by atoms with Gasteiger partial charge in [-0.15, -0.1) is 0 Å². The average Bonchev–Trinajstić information content (AvgIpc) is 3.54. The van der Waals surface area contributed by atoms with Gasteiger partial charge in [0.2, 0.25) is 5.91 Å². The average molecular weight is 503 g/mol. The third-order valence-corrected chi connectivity index (χ3v) is 7.10. The molecule has 2 atom stereocenters. The molecule has 3 aliphatic heterocycles. The van der Waals surface area contributed by atoms with Gasteiger partial charge in [-0.2, -0.15) is 0 Å². The third-order valence-electron chi connectivity index (χ3n) is 7.10. The van der Waals surface area contributed by atoms with E-state index < -0.39 is 0 Å². The summed E-state index contributed by atoms with van der Waals surface area (Å²) >= 11 is 0. The number of ether oxygens (including phenoxy) is 3. The van der Waals surface area contributed by atoms with Crippen LogP contribution in [0.15, 0.2) is 60.8 Å². The predicted octanol–water partition coefficient (Wildman–Crippen LogP) is 3.58. The van der Waals surface area contributed by atoms with Crippen molar-refractivity contribution < 1.29 is 23.8 Å². The van der Waals surface area contributed by atoms with Gasteiger partial charge in [0.15, 0.2) is 11.5 Å². The molecule has 37 heavy (non-hydrogen) atoms. The minimum atomic E-state index is -0.289. The van der Waals surface area contributed by atoms with Gasteiger partial charge in [0.1, 0.15) is 19.0 Å². The second kappa shape index (κ2) is 9.72. The zero-order valence-electron chi connectivity index (χ0n) is 20.8. The topological polar surface area (TPSA) is 85.3 Å². The number of carbonyl (C=O) groups excluding carboxylic acids is 2. The monoisotopic (exact) mass is 502 g/mol. The molecule has 6 rings (SSSR count). The van der Waals surface area contributed by atoms with Gasteiger partial charge in [-0.25, -0.2) is 4.79 Å². The fourth-order valence-corrected chi connectivity index (χ4v) is 5.38. The number of rotatable bonds is 5. The van der Waals surface area contributed by atoms with E-state index in [2.05, 4.69) is 16.0 Å². The van der Waals surface area contributed by atoms with E-state index in [1.165, 1.54) is 0 Å². The normalized spacial score (nSPS) is 20.5. The summed E-state index contributed by atoms with van der Waals surface area (Å²) in [6.45, 7) is 5.25. The summed E-state index contributed by atoms with van der Waals surface area (Å²) in [5.41, 5.74) is 2.82. The molecule has 1 aromatic heterocycles. The van der Waals surface area contributed by atoms with Gasteiger partial charge in [-0.1, -0.05) is 12.1 Å². The number of aromatic nitrogens is 1. The first-order valence-corrected chi connectivity index (χ1v) is 12.8. The molecular formula is C28H30N4O5. The van der Waals surface area contributed by atoms with Crippen molar-refractivity contribution in [2.24, 2.45) is 0 Å². The highest BCUT2D eigenvalue weighted by Gasteiger charge is 2.36. The molecule has 1 N–H and O–H groups in total. The van der Waals surface area contributed by atoms with Crippen LogP contribution >= 0.6 is 0 Å². The smallest absolute Gasteiger partial charge is 0.318 e. The Bertz CT molecular complexity index is 1300. The van der Waals surface area contributed by atoms with Crippen molar-refractivity contribution in [3.63, 3.8) is 0 Å². The standard InChI is InChI=1S/C28H30N4O5/c1-2-35-22-8-5-19(6-9-22)27-23-4-3-11-30(23)12-13-31(27)28(34)29-20-16-26(33)32(18-20)21-7-10-24-25(17-21)37-15-14-36-24/h3-11,17,20,27H,2,12-16,18H2,1H3,(H,29,34). The molecule has 1 saturated heterocycles. The van der Waals surface area contributed by atoms with Crippen LogP contribution in [0.3, 0.4) is 0 Å². The van der Waals surface area contributed by atoms with Gasteiger partial charge < -0.3 is 33.9 Å². The molecule has 192 valence electrons. The number of hydrogen-bond donors (Lipinski definition) is 1. The molecule has 1 fully saturated rings. The van der Waals surface area contributed by atoms with Crippen molar-refractivity contribution in [2.45, 2.75) is 32.0 Å². The Kier molecular flexibility index (Phi) is 6.12.